The molecular formula is C10H16N4O3S. The number of hydrogen-bond acceptors (Lipinski definition) is 5. The largest absolute Gasteiger partial charge is 0.481 e. The van der Waals surface area contributed by atoms with Crippen molar-refractivity contribution in [3.05, 3.63) is 5.01 Å². The van der Waals surface area contributed by atoms with Gasteiger partial charge in [-0.05, 0) is 20.3 Å². The van der Waals surface area contributed by atoms with Crippen LogP contribution in [0.5, 0.6) is 0 Å². The van der Waals surface area contributed by atoms with Gasteiger partial charge in [0.15, 0.2) is 0 Å². The molecule has 0 saturated heterocycles. The van der Waals surface area contributed by atoms with Gasteiger partial charge in [-0.2, -0.15) is 0 Å². The van der Waals surface area contributed by atoms with Crippen molar-refractivity contribution in [1.82, 2.24) is 15.5 Å². The Labute approximate surface area is 109 Å². The van der Waals surface area contributed by atoms with Crippen molar-refractivity contribution in [2.45, 2.75) is 33.2 Å². The summed E-state index contributed by atoms with van der Waals surface area (Å²) in [6.45, 7) is 5.12. The molecule has 0 aliphatic rings. The Morgan fingerprint density at radius 3 is 2.56 bits per heavy atom. The van der Waals surface area contributed by atoms with Crippen LogP contribution in [0.25, 0.3) is 0 Å². The van der Waals surface area contributed by atoms with Crippen molar-refractivity contribution in [3.8, 4) is 0 Å². The number of carboxylic acids is 1. The molecule has 3 N–H and O–H groups in total. The highest BCUT2D eigenvalue weighted by molar-refractivity contribution is 7.15. The number of rotatable bonds is 5. The average molecular weight is 272 g/mol. The molecule has 1 rings (SSSR count). The van der Waals surface area contributed by atoms with Crippen LogP contribution < -0.4 is 10.6 Å². The number of urea groups is 1. The fourth-order valence-corrected chi connectivity index (χ4v) is 1.80. The number of hydrogen-bond donors (Lipinski definition) is 3. The van der Waals surface area contributed by atoms with E-state index in [-0.39, 0.29) is 0 Å². The molecule has 0 spiro atoms. The summed E-state index contributed by atoms with van der Waals surface area (Å²) in [6, 6.07) is -0.949. The van der Waals surface area contributed by atoms with Gasteiger partial charge >= 0.3 is 12.0 Å². The molecular weight excluding hydrogens is 256 g/mol. The Kier molecular flexibility index (Phi) is 5.02. The number of aryl methyl sites for hydroxylation is 1. The third-order valence-corrected chi connectivity index (χ3v) is 3.47. The van der Waals surface area contributed by atoms with Crippen molar-refractivity contribution in [3.63, 3.8) is 0 Å². The molecule has 8 heteroatoms. The van der Waals surface area contributed by atoms with Crippen molar-refractivity contribution in [2.24, 2.45) is 5.92 Å². The summed E-state index contributed by atoms with van der Waals surface area (Å²) in [7, 11) is 0. The smallest absolute Gasteiger partial charge is 0.321 e. The number of carbonyl (C=O) groups is 2. The maximum absolute atomic E-state index is 11.6. The van der Waals surface area contributed by atoms with Crippen LogP contribution >= 0.6 is 11.3 Å². The van der Waals surface area contributed by atoms with Gasteiger partial charge in [0, 0.05) is 6.04 Å². The molecule has 2 unspecified atom stereocenters. The highest BCUT2D eigenvalue weighted by Gasteiger charge is 2.21. The first-order valence-electron chi connectivity index (χ1n) is 5.56. The summed E-state index contributed by atoms with van der Waals surface area (Å²) in [5.41, 5.74) is 0. The molecule has 1 aromatic rings. The molecule has 0 aromatic carbocycles. The Bertz CT molecular complexity index is 435. The Morgan fingerprint density at radius 1 is 1.39 bits per heavy atom. The number of anilines is 1. The van der Waals surface area contributed by atoms with E-state index in [0.29, 0.717) is 5.13 Å². The quantitative estimate of drug-likeness (QED) is 0.750. The first-order valence-corrected chi connectivity index (χ1v) is 6.38. The number of aromatic nitrogens is 2. The van der Waals surface area contributed by atoms with Crippen molar-refractivity contribution in [1.29, 1.82) is 0 Å². The van der Waals surface area contributed by atoms with E-state index in [1.165, 1.54) is 18.3 Å². The Hall–Kier alpha value is -1.70. The fourth-order valence-electron chi connectivity index (χ4n) is 1.13. The van der Waals surface area contributed by atoms with Crippen molar-refractivity contribution >= 4 is 28.5 Å². The normalized spacial score (nSPS) is 13.7. The second-order valence-corrected chi connectivity index (χ2v) is 4.93. The summed E-state index contributed by atoms with van der Waals surface area (Å²) < 4.78 is 0. The molecule has 0 radical (unpaired) electrons. The Balaban J connectivity index is 2.48. The van der Waals surface area contributed by atoms with Crippen LogP contribution in [0, 0.1) is 5.92 Å². The van der Waals surface area contributed by atoms with E-state index >= 15 is 0 Å². The summed E-state index contributed by atoms with van der Waals surface area (Å²) in [5.74, 6) is -1.61. The molecule has 0 aliphatic carbocycles. The van der Waals surface area contributed by atoms with Crippen LogP contribution in [-0.2, 0) is 11.2 Å². The third kappa shape index (κ3) is 3.95. The van der Waals surface area contributed by atoms with E-state index in [4.69, 9.17) is 5.11 Å². The molecule has 1 aromatic heterocycles. The minimum Gasteiger partial charge on any atom is -0.481 e. The Morgan fingerprint density at radius 2 is 2.06 bits per heavy atom. The van der Waals surface area contributed by atoms with E-state index in [1.807, 2.05) is 6.92 Å². The highest BCUT2D eigenvalue weighted by atomic mass is 32.1. The van der Waals surface area contributed by atoms with Crippen molar-refractivity contribution < 1.29 is 14.7 Å². The average Bonchev–Trinajstić information content (AvgIpc) is 2.75. The van der Waals surface area contributed by atoms with Gasteiger partial charge in [-0.25, -0.2) is 4.79 Å². The maximum atomic E-state index is 11.6. The monoisotopic (exact) mass is 272 g/mol. The lowest BCUT2D eigenvalue weighted by Crippen LogP contribution is -2.42. The van der Waals surface area contributed by atoms with Crippen LogP contribution in [0.15, 0.2) is 0 Å². The number of nitrogens with zero attached hydrogens (tertiary/aromatic N) is 2. The predicted molar refractivity (Wildman–Crippen MR) is 67.7 cm³/mol. The topological polar surface area (TPSA) is 104 Å². The van der Waals surface area contributed by atoms with Gasteiger partial charge in [-0.15, -0.1) is 10.2 Å². The molecule has 0 bridgehead atoms. The fraction of sp³-hybridized carbons (Fsp3) is 0.600. The molecule has 18 heavy (non-hydrogen) atoms. The lowest BCUT2D eigenvalue weighted by molar-refractivity contribution is -0.141. The van der Waals surface area contributed by atoms with E-state index < -0.39 is 24.0 Å². The number of amides is 2. The van der Waals surface area contributed by atoms with Gasteiger partial charge in [-0.1, -0.05) is 18.3 Å². The van der Waals surface area contributed by atoms with E-state index in [1.54, 1.807) is 6.92 Å². The summed E-state index contributed by atoms with van der Waals surface area (Å²) in [6.07, 6.45) is 0.757. The third-order valence-electron chi connectivity index (χ3n) is 2.49. The van der Waals surface area contributed by atoms with Gasteiger partial charge in [0.25, 0.3) is 0 Å². The first kappa shape index (κ1) is 14.4. The van der Waals surface area contributed by atoms with E-state index in [2.05, 4.69) is 20.8 Å². The molecule has 0 aliphatic heterocycles. The molecule has 2 amide bonds. The van der Waals surface area contributed by atoms with Crippen LogP contribution in [0.1, 0.15) is 25.8 Å². The molecule has 100 valence electrons. The van der Waals surface area contributed by atoms with Gasteiger partial charge < -0.3 is 10.4 Å². The molecule has 1 heterocycles. The second kappa shape index (κ2) is 6.29. The maximum Gasteiger partial charge on any atom is 0.321 e. The lowest BCUT2D eigenvalue weighted by Gasteiger charge is -2.17. The van der Waals surface area contributed by atoms with Gasteiger partial charge in [0.05, 0.1) is 5.92 Å². The molecule has 0 fully saturated rings. The molecule has 2 atom stereocenters. The minimum absolute atomic E-state index is 0.402. The highest BCUT2D eigenvalue weighted by Crippen LogP contribution is 2.15. The van der Waals surface area contributed by atoms with Gasteiger partial charge in [-0.3, -0.25) is 10.1 Å². The van der Waals surface area contributed by atoms with E-state index in [9.17, 15) is 9.59 Å². The van der Waals surface area contributed by atoms with Gasteiger partial charge in [0.2, 0.25) is 5.13 Å². The van der Waals surface area contributed by atoms with Crippen molar-refractivity contribution in [2.75, 3.05) is 5.32 Å². The zero-order valence-corrected chi connectivity index (χ0v) is 11.2. The SMILES string of the molecule is CCc1nnc(NC(=O)NC(C)C(C)C(=O)O)s1. The summed E-state index contributed by atoms with van der Waals surface area (Å²) in [4.78, 5) is 22.3. The zero-order valence-electron chi connectivity index (χ0n) is 10.4. The summed E-state index contributed by atoms with van der Waals surface area (Å²) >= 11 is 1.29. The first-order chi connectivity index (χ1) is 8.43. The standard InChI is InChI=1S/C10H16N4O3S/c1-4-7-13-14-10(18-7)12-9(17)11-6(3)5(2)8(15)16/h5-6H,4H2,1-3H3,(H,15,16)(H2,11,12,14,17). The van der Waals surface area contributed by atoms with E-state index in [0.717, 1.165) is 11.4 Å². The predicted octanol–water partition coefficient (Wildman–Crippen LogP) is 1.33. The lowest BCUT2D eigenvalue weighted by atomic mass is 10.0. The number of carbonyl (C=O) groups excluding carboxylic acids is 1. The van der Waals surface area contributed by atoms with Crippen LogP contribution in [-0.4, -0.2) is 33.3 Å². The van der Waals surface area contributed by atoms with Crippen LogP contribution in [0.3, 0.4) is 0 Å². The zero-order chi connectivity index (χ0) is 13.7. The van der Waals surface area contributed by atoms with Gasteiger partial charge in [0.1, 0.15) is 5.01 Å². The minimum atomic E-state index is -0.952. The number of carboxylic acid groups (broad SMARTS) is 1. The molecule has 0 saturated carbocycles. The number of aliphatic carboxylic acids is 1. The van der Waals surface area contributed by atoms with Crippen LogP contribution in [0.4, 0.5) is 9.93 Å². The molecule has 7 nitrogen and oxygen atoms in total. The second-order valence-electron chi connectivity index (χ2n) is 3.87. The van der Waals surface area contributed by atoms with Crippen LogP contribution in [0.2, 0.25) is 0 Å². The summed E-state index contributed by atoms with van der Waals surface area (Å²) in [5, 5.41) is 22.8. The number of nitrogens with one attached hydrogen (secondary N) is 2.